The molecule has 5 nitrogen and oxygen atoms in total. The van der Waals surface area contributed by atoms with Gasteiger partial charge >= 0.3 is 0 Å². The molecule has 2 fully saturated rings. The molecule has 178 valence electrons. The van der Waals surface area contributed by atoms with Crippen LogP contribution in [-0.2, 0) is 12.0 Å². The summed E-state index contributed by atoms with van der Waals surface area (Å²) in [5, 5.41) is 0.972. The summed E-state index contributed by atoms with van der Waals surface area (Å²) < 4.78 is 0. The number of carbonyl (C=O) groups excluding carboxylic acids is 1. The van der Waals surface area contributed by atoms with Crippen LogP contribution >= 0.6 is 0 Å². The standard InChI is InChI=1S/C30H32N4O/c1-5-6-20-16-23-24(17-26(20)34-13-11-33(12-14-34)21-8-9-21)30(2,3)29-27(28(23)35)22-10-7-19(18-31-4)15-25(22)32-29/h7,10,15-17,21,32H,4,8-9,11-14,18H2,1-3H3. The number of aliphatic imine (C=N–C) groups is 1. The lowest BCUT2D eigenvalue weighted by atomic mass is 9.70. The van der Waals surface area contributed by atoms with Crippen LogP contribution in [0.4, 0.5) is 5.69 Å². The fourth-order valence-electron chi connectivity index (χ4n) is 6.00. The van der Waals surface area contributed by atoms with Gasteiger partial charge < -0.3 is 9.88 Å². The number of hydrogen-bond acceptors (Lipinski definition) is 4. The van der Waals surface area contributed by atoms with Gasteiger partial charge in [-0.25, -0.2) is 0 Å². The van der Waals surface area contributed by atoms with E-state index in [1.165, 1.54) is 12.8 Å². The molecule has 1 saturated carbocycles. The predicted molar refractivity (Wildman–Crippen MR) is 143 cm³/mol. The highest BCUT2D eigenvalue weighted by atomic mass is 16.1. The lowest BCUT2D eigenvalue weighted by molar-refractivity contribution is 0.103. The molecular formula is C30H32N4O. The Morgan fingerprint density at radius 1 is 1.14 bits per heavy atom. The molecule has 1 aromatic heterocycles. The van der Waals surface area contributed by atoms with Crippen molar-refractivity contribution in [3.05, 3.63) is 63.8 Å². The van der Waals surface area contributed by atoms with Gasteiger partial charge in [0.2, 0.25) is 0 Å². The van der Waals surface area contributed by atoms with Crippen LogP contribution in [0.3, 0.4) is 0 Å². The molecule has 1 saturated heterocycles. The summed E-state index contributed by atoms with van der Waals surface area (Å²) in [4.78, 5) is 26.7. The number of nitrogens with zero attached hydrogens (tertiary/aromatic N) is 3. The van der Waals surface area contributed by atoms with Crippen molar-refractivity contribution >= 4 is 29.1 Å². The highest BCUT2D eigenvalue weighted by Crippen LogP contribution is 2.45. The average Bonchev–Trinajstić information content (AvgIpc) is 3.63. The number of benzene rings is 2. The first-order valence-corrected chi connectivity index (χ1v) is 12.6. The third kappa shape index (κ3) is 3.51. The minimum atomic E-state index is -0.336. The Bertz CT molecular complexity index is 1420. The molecule has 2 aromatic carbocycles. The number of hydrogen-bond donors (Lipinski definition) is 1. The molecule has 5 heteroatoms. The molecule has 1 N–H and O–H groups in total. The first kappa shape index (κ1) is 22.1. The van der Waals surface area contributed by atoms with Crippen molar-refractivity contribution in [2.24, 2.45) is 4.99 Å². The quantitative estimate of drug-likeness (QED) is 0.442. The van der Waals surface area contributed by atoms with E-state index in [0.29, 0.717) is 6.54 Å². The van der Waals surface area contributed by atoms with E-state index in [-0.39, 0.29) is 11.2 Å². The van der Waals surface area contributed by atoms with Gasteiger partial charge in [-0.1, -0.05) is 31.9 Å². The Labute approximate surface area is 207 Å². The van der Waals surface area contributed by atoms with Crippen molar-refractivity contribution in [3.8, 4) is 11.8 Å². The molecule has 0 amide bonds. The number of nitrogens with one attached hydrogen (secondary N) is 1. The first-order valence-electron chi connectivity index (χ1n) is 12.6. The smallest absolute Gasteiger partial charge is 0.195 e. The van der Waals surface area contributed by atoms with E-state index in [2.05, 4.69) is 70.4 Å². The Morgan fingerprint density at radius 2 is 1.91 bits per heavy atom. The minimum absolute atomic E-state index is 0.0828. The van der Waals surface area contributed by atoms with Gasteiger partial charge in [0, 0.05) is 65.4 Å². The van der Waals surface area contributed by atoms with Gasteiger partial charge in [0.1, 0.15) is 0 Å². The van der Waals surface area contributed by atoms with Gasteiger partial charge in [-0.05, 0) is 55.8 Å². The fourth-order valence-corrected chi connectivity index (χ4v) is 6.00. The number of carbonyl (C=O) groups is 1. The molecule has 0 spiro atoms. The van der Waals surface area contributed by atoms with Gasteiger partial charge in [-0.3, -0.25) is 14.7 Å². The number of rotatable bonds is 4. The molecule has 0 bridgehead atoms. The summed E-state index contributed by atoms with van der Waals surface area (Å²) in [5.74, 6) is 6.48. The zero-order chi connectivity index (χ0) is 24.3. The van der Waals surface area contributed by atoms with Crippen LogP contribution in [0.1, 0.15) is 71.9 Å². The molecule has 35 heavy (non-hydrogen) atoms. The van der Waals surface area contributed by atoms with E-state index in [1.807, 2.05) is 19.1 Å². The second-order valence-corrected chi connectivity index (χ2v) is 10.6. The molecule has 2 heterocycles. The molecular weight excluding hydrogens is 432 g/mol. The van der Waals surface area contributed by atoms with Crippen molar-refractivity contribution in [2.75, 3.05) is 31.1 Å². The maximum atomic E-state index is 13.9. The van der Waals surface area contributed by atoms with Crippen LogP contribution in [0.5, 0.6) is 0 Å². The maximum absolute atomic E-state index is 13.9. The Hall–Kier alpha value is -3.36. The number of fused-ring (bicyclic) bond motifs is 4. The summed E-state index contributed by atoms with van der Waals surface area (Å²) in [5.41, 5.74) is 7.49. The van der Waals surface area contributed by atoms with E-state index in [9.17, 15) is 4.79 Å². The number of anilines is 1. The number of aromatic amines is 1. The summed E-state index contributed by atoms with van der Waals surface area (Å²) in [6.07, 6.45) is 2.69. The van der Waals surface area contributed by atoms with Crippen molar-refractivity contribution < 1.29 is 4.79 Å². The van der Waals surface area contributed by atoms with Crippen molar-refractivity contribution in [2.45, 2.75) is 51.6 Å². The average molecular weight is 465 g/mol. The van der Waals surface area contributed by atoms with Gasteiger partial charge in [0.25, 0.3) is 0 Å². The van der Waals surface area contributed by atoms with Crippen molar-refractivity contribution in [1.82, 2.24) is 9.88 Å². The highest BCUT2D eigenvalue weighted by Gasteiger charge is 2.41. The molecule has 0 radical (unpaired) electrons. The predicted octanol–water partition coefficient (Wildman–Crippen LogP) is 4.89. The first-order chi connectivity index (χ1) is 16.9. The summed E-state index contributed by atoms with van der Waals surface area (Å²) in [7, 11) is 0. The number of aromatic nitrogens is 1. The highest BCUT2D eigenvalue weighted by molar-refractivity contribution is 6.20. The molecule has 3 aromatic rings. The minimum Gasteiger partial charge on any atom is -0.368 e. The second-order valence-electron chi connectivity index (χ2n) is 10.6. The lowest BCUT2D eigenvalue weighted by Crippen LogP contribution is -2.47. The number of ketones is 1. The topological polar surface area (TPSA) is 51.7 Å². The third-order valence-corrected chi connectivity index (χ3v) is 8.04. The summed E-state index contributed by atoms with van der Waals surface area (Å²) >= 11 is 0. The summed E-state index contributed by atoms with van der Waals surface area (Å²) in [6.45, 7) is 14.7. The Balaban J connectivity index is 1.46. The van der Waals surface area contributed by atoms with E-state index >= 15 is 0 Å². The molecule has 0 unspecified atom stereocenters. The van der Waals surface area contributed by atoms with E-state index in [4.69, 9.17) is 0 Å². The van der Waals surface area contributed by atoms with E-state index in [0.717, 1.165) is 82.3 Å². The van der Waals surface area contributed by atoms with Gasteiger partial charge in [-0.15, -0.1) is 5.92 Å². The second kappa shape index (κ2) is 8.10. The Morgan fingerprint density at radius 3 is 2.60 bits per heavy atom. The van der Waals surface area contributed by atoms with Crippen LogP contribution in [-0.4, -0.2) is 54.6 Å². The van der Waals surface area contributed by atoms with Crippen LogP contribution in [0.15, 0.2) is 35.3 Å². The van der Waals surface area contributed by atoms with Gasteiger partial charge in [0.15, 0.2) is 5.78 Å². The van der Waals surface area contributed by atoms with Gasteiger partial charge in [0.05, 0.1) is 17.8 Å². The van der Waals surface area contributed by atoms with Crippen molar-refractivity contribution in [1.29, 1.82) is 0 Å². The van der Waals surface area contributed by atoms with E-state index in [1.54, 1.807) is 0 Å². The molecule has 3 aliphatic rings. The number of H-pyrrole nitrogens is 1. The SMILES string of the molecule is C=NCc1ccc2c3c([nH]c2c1)C(C)(C)c1cc(N2CCN(C4CC4)CC2)c(C#CC)cc1C3=O. The van der Waals surface area contributed by atoms with Crippen LogP contribution < -0.4 is 4.90 Å². The molecule has 6 rings (SSSR count). The van der Waals surface area contributed by atoms with Gasteiger partial charge in [-0.2, -0.15) is 0 Å². The third-order valence-electron chi connectivity index (χ3n) is 8.04. The van der Waals surface area contributed by atoms with Crippen LogP contribution in [0, 0.1) is 11.8 Å². The fraction of sp³-hybridized carbons (Fsp3) is 0.400. The lowest BCUT2D eigenvalue weighted by Gasteiger charge is -2.38. The zero-order valence-corrected chi connectivity index (χ0v) is 20.9. The molecule has 2 aliphatic carbocycles. The summed E-state index contributed by atoms with van der Waals surface area (Å²) in [6, 6.07) is 11.3. The zero-order valence-electron chi connectivity index (χ0n) is 20.9. The van der Waals surface area contributed by atoms with Crippen LogP contribution in [0.2, 0.25) is 0 Å². The van der Waals surface area contributed by atoms with Crippen LogP contribution in [0.25, 0.3) is 10.9 Å². The Kier molecular flexibility index (Phi) is 5.12. The number of piperazine rings is 1. The molecule has 0 atom stereocenters. The largest absolute Gasteiger partial charge is 0.368 e. The van der Waals surface area contributed by atoms with Crippen molar-refractivity contribution in [3.63, 3.8) is 0 Å². The van der Waals surface area contributed by atoms with E-state index < -0.39 is 0 Å². The maximum Gasteiger partial charge on any atom is 0.195 e. The molecule has 1 aliphatic heterocycles. The monoisotopic (exact) mass is 464 g/mol. The normalized spacial score (nSPS) is 19.2.